The second-order valence-corrected chi connectivity index (χ2v) is 7.95. The molecule has 1 heterocycles. The predicted octanol–water partition coefficient (Wildman–Crippen LogP) is 3.87. The number of nitrogens with one attached hydrogen (secondary N) is 2. The lowest BCUT2D eigenvalue weighted by molar-refractivity contribution is 0.0341. The fourth-order valence-corrected chi connectivity index (χ4v) is 3.52. The molecule has 162 valence electrons. The number of hydrogen-bond acceptors (Lipinski definition) is 4. The summed E-state index contributed by atoms with van der Waals surface area (Å²) in [4.78, 5) is 14.9. The van der Waals surface area contributed by atoms with Gasteiger partial charge in [-0.05, 0) is 49.6 Å². The maximum absolute atomic E-state index is 12.5. The first kappa shape index (κ1) is 22.1. The van der Waals surface area contributed by atoms with Gasteiger partial charge in [-0.25, -0.2) is 4.79 Å². The predicted molar refractivity (Wildman–Crippen MR) is 119 cm³/mol. The van der Waals surface area contributed by atoms with Crippen LogP contribution in [0.25, 0.3) is 0 Å². The van der Waals surface area contributed by atoms with Crippen LogP contribution in [0.2, 0.25) is 0 Å². The van der Waals surface area contributed by atoms with Crippen molar-refractivity contribution in [2.45, 2.75) is 46.0 Å². The van der Waals surface area contributed by atoms with E-state index in [1.165, 1.54) is 5.56 Å². The highest BCUT2D eigenvalue weighted by molar-refractivity contribution is 5.74. The minimum absolute atomic E-state index is 0.115. The number of amides is 2. The third-order valence-corrected chi connectivity index (χ3v) is 5.13. The topological polar surface area (TPSA) is 62.8 Å². The van der Waals surface area contributed by atoms with Crippen molar-refractivity contribution in [1.82, 2.24) is 15.5 Å². The normalized spacial score (nSPS) is 15.6. The number of ether oxygens (including phenoxy) is 2. The average Bonchev–Trinajstić information content (AvgIpc) is 2.73. The molecule has 3 rings (SSSR count). The van der Waals surface area contributed by atoms with Crippen LogP contribution >= 0.6 is 0 Å². The smallest absolute Gasteiger partial charge is 0.315 e. The molecule has 2 N–H and O–H groups in total. The molecule has 6 heteroatoms. The molecule has 0 radical (unpaired) electrons. The molecule has 2 aromatic rings. The van der Waals surface area contributed by atoms with Crippen molar-refractivity contribution >= 4 is 6.03 Å². The fraction of sp³-hybridized carbons (Fsp3) is 0.458. The third-order valence-electron chi connectivity index (χ3n) is 5.13. The maximum Gasteiger partial charge on any atom is 0.315 e. The number of carbonyl (C=O) groups is 1. The zero-order valence-corrected chi connectivity index (χ0v) is 18.2. The molecule has 0 saturated carbocycles. The van der Waals surface area contributed by atoms with Crippen LogP contribution in [-0.2, 0) is 17.8 Å². The van der Waals surface area contributed by atoms with Crippen molar-refractivity contribution in [2.24, 2.45) is 0 Å². The summed E-state index contributed by atoms with van der Waals surface area (Å²) in [6.45, 7) is 10.8. The first-order valence-corrected chi connectivity index (χ1v) is 10.7. The van der Waals surface area contributed by atoms with E-state index < -0.39 is 0 Å². The minimum Gasteiger partial charge on any atom is -0.491 e. The van der Waals surface area contributed by atoms with E-state index in [0.29, 0.717) is 6.54 Å². The lowest BCUT2D eigenvalue weighted by Crippen LogP contribution is -2.37. The largest absolute Gasteiger partial charge is 0.491 e. The van der Waals surface area contributed by atoms with Crippen molar-refractivity contribution in [3.63, 3.8) is 0 Å². The summed E-state index contributed by atoms with van der Waals surface area (Å²) in [6.07, 6.45) is 0.115. The van der Waals surface area contributed by atoms with Crippen LogP contribution in [0.5, 0.6) is 5.75 Å². The van der Waals surface area contributed by atoms with Gasteiger partial charge in [0, 0.05) is 26.2 Å². The summed E-state index contributed by atoms with van der Waals surface area (Å²) in [5.41, 5.74) is 3.39. The van der Waals surface area contributed by atoms with Gasteiger partial charge < -0.3 is 20.1 Å². The summed E-state index contributed by atoms with van der Waals surface area (Å²) in [6, 6.07) is 15.8. The standard InChI is InChI=1S/C24H33N3O3/c1-18(2)30-23-10-6-9-20(15-23)19(3)26-24(28)25-16-21-7-4-5-8-22(21)17-27-11-13-29-14-12-27/h4-10,15,18-19H,11-14,16-17H2,1-3H3,(H2,25,26,28). The maximum atomic E-state index is 12.5. The van der Waals surface area contributed by atoms with Crippen molar-refractivity contribution in [1.29, 1.82) is 0 Å². The summed E-state index contributed by atoms with van der Waals surface area (Å²) >= 11 is 0. The number of urea groups is 1. The number of carbonyl (C=O) groups excluding carboxylic acids is 1. The zero-order chi connectivity index (χ0) is 21.3. The average molecular weight is 412 g/mol. The molecule has 0 aliphatic carbocycles. The highest BCUT2D eigenvalue weighted by Gasteiger charge is 2.14. The molecule has 0 bridgehead atoms. The lowest BCUT2D eigenvalue weighted by Gasteiger charge is -2.27. The van der Waals surface area contributed by atoms with Crippen LogP contribution in [0.3, 0.4) is 0 Å². The Hall–Kier alpha value is -2.57. The Labute approximate surface area is 179 Å². The van der Waals surface area contributed by atoms with Crippen molar-refractivity contribution in [2.75, 3.05) is 26.3 Å². The van der Waals surface area contributed by atoms with Gasteiger partial charge in [0.05, 0.1) is 25.4 Å². The van der Waals surface area contributed by atoms with E-state index in [0.717, 1.165) is 49.7 Å². The van der Waals surface area contributed by atoms with Crippen LogP contribution in [-0.4, -0.2) is 43.3 Å². The molecular weight excluding hydrogens is 378 g/mol. The van der Waals surface area contributed by atoms with E-state index in [4.69, 9.17) is 9.47 Å². The van der Waals surface area contributed by atoms with Crippen molar-refractivity contribution in [3.05, 3.63) is 65.2 Å². The molecule has 1 saturated heterocycles. The van der Waals surface area contributed by atoms with Crippen LogP contribution < -0.4 is 15.4 Å². The van der Waals surface area contributed by atoms with Gasteiger partial charge in [0.1, 0.15) is 5.75 Å². The molecule has 2 aromatic carbocycles. The Balaban J connectivity index is 1.53. The number of nitrogens with zero attached hydrogens (tertiary/aromatic N) is 1. The molecular formula is C24H33N3O3. The Morgan fingerprint density at radius 3 is 2.53 bits per heavy atom. The third kappa shape index (κ3) is 6.75. The molecule has 1 fully saturated rings. The molecule has 30 heavy (non-hydrogen) atoms. The first-order chi connectivity index (χ1) is 14.5. The Bertz CT molecular complexity index is 819. The van der Waals surface area contributed by atoms with Crippen molar-refractivity contribution in [3.8, 4) is 5.75 Å². The van der Waals surface area contributed by atoms with Gasteiger partial charge in [-0.3, -0.25) is 4.90 Å². The molecule has 0 spiro atoms. The van der Waals surface area contributed by atoms with Crippen LogP contribution in [0, 0.1) is 0 Å². The molecule has 6 nitrogen and oxygen atoms in total. The number of rotatable bonds is 8. The lowest BCUT2D eigenvalue weighted by atomic mass is 10.1. The quantitative estimate of drug-likeness (QED) is 0.692. The summed E-state index contributed by atoms with van der Waals surface area (Å²) in [5, 5.41) is 6.01. The summed E-state index contributed by atoms with van der Waals surface area (Å²) in [5.74, 6) is 0.814. The van der Waals surface area contributed by atoms with Crippen LogP contribution in [0.4, 0.5) is 4.79 Å². The van der Waals surface area contributed by atoms with E-state index in [9.17, 15) is 4.79 Å². The number of benzene rings is 2. The van der Waals surface area contributed by atoms with E-state index in [-0.39, 0.29) is 18.2 Å². The van der Waals surface area contributed by atoms with E-state index in [2.05, 4.69) is 27.7 Å². The summed E-state index contributed by atoms with van der Waals surface area (Å²) < 4.78 is 11.2. The van der Waals surface area contributed by atoms with E-state index in [1.807, 2.05) is 57.2 Å². The van der Waals surface area contributed by atoms with Crippen LogP contribution in [0.1, 0.15) is 43.5 Å². The fourth-order valence-electron chi connectivity index (χ4n) is 3.52. The molecule has 1 unspecified atom stereocenters. The Morgan fingerprint density at radius 1 is 1.07 bits per heavy atom. The van der Waals surface area contributed by atoms with E-state index in [1.54, 1.807) is 0 Å². The molecule has 2 amide bonds. The van der Waals surface area contributed by atoms with E-state index >= 15 is 0 Å². The van der Waals surface area contributed by atoms with Gasteiger partial charge in [-0.1, -0.05) is 36.4 Å². The summed E-state index contributed by atoms with van der Waals surface area (Å²) in [7, 11) is 0. The van der Waals surface area contributed by atoms with Gasteiger partial charge in [-0.15, -0.1) is 0 Å². The molecule has 1 atom stereocenters. The second-order valence-electron chi connectivity index (χ2n) is 7.95. The highest BCUT2D eigenvalue weighted by Crippen LogP contribution is 2.20. The first-order valence-electron chi connectivity index (χ1n) is 10.7. The van der Waals surface area contributed by atoms with Crippen molar-refractivity contribution < 1.29 is 14.3 Å². The minimum atomic E-state index is -0.182. The van der Waals surface area contributed by atoms with Crippen LogP contribution in [0.15, 0.2) is 48.5 Å². The monoisotopic (exact) mass is 411 g/mol. The number of morpholine rings is 1. The Kier molecular flexibility index (Phi) is 8.11. The Morgan fingerprint density at radius 2 is 1.80 bits per heavy atom. The van der Waals surface area contributed by atoms with Gasteiger partial charge in [0.15, 0.2) is 0 Å². The van der Waals surface area contributed by atoms with Gasteiger partial charge in [0.2, 0.25) is 0 Å². The van der Waals surface area contributed by atoms with Gasteiger partial charge in [0.25, 0.3) is 0 Å². The number of hydrogen-bond donors (Lipinski definition) is 2. The zero-order valence-electron chi connectivity index (χ0n) is 18.2. The van der Waals surface area contributed by atoms with Gasteiger partial charge in [-0.2, -0.15) is 0 Å². The molecule has 1 aliphatic rings. The highest BCUT2D eigenvalue weighted by atomic mass is 16.5. The SMILES string of the molecule is CC(C)Oc1cccc(C(C)NC(=O)NCc2ccccc2CN2CCOCC2)c1. The van der Waals surface area contributed by atoms with Gasteiger partial charge >= 0.3 is 6.03 Å². The molecule has 1 aliphatic heterocycles. The molecule has 0 aromatic heterocycles. The second kappa shape index (κ2) is 11.0.